The zero-order valence-electron chi connectivity index (χ0n) is 19.1. The van der Waals surface area contributed by atoms with Crippen molar-refractivity contribution in [1.29, 1.82) is 0 Å². The molecule has 3 aromatic rings. The molecule has 1 aliphatic heterocycles. The SMILES string of the molecule is C=CN(C=C)c1ccccc1NC(=O)[C@@H]1CCCN1C(=O)c1ccc(-c2ccc(OC)cc2)o1. The van der Waals surface area contributed by atoms with Crippen molar-refractivity contribution in [2.75, 3.05) is 23.9 Å². The van der Waals surface area contributed by atoms with Crippen LogP contribution < -0.4 is 15.0 Å². The third kappa shape index (κ3) is 4.59. The number of likely N-dealkylation sites (tertiary alicyclic amines) is 1. The second-order valence-electron chi connectivity index (χ2n) is 7.83. The topological polar surface area (TPSA) is 75.0 Å². The predicted octanol–water partition coefficient (Wildman–Crippen LogP) is 5.29. The highest BCUT2D eigenvalue weighted by Crippen LogP contribution is 2.29. The normalized spacial score (nSPS) is 15.0. The number of anilines is 2. The number of nitrogens with zero attached hydrogens (tertiary/aromatic N) is 2. The number of hydrogen-bond acceptors (Lipinski definition) is 5. The number of ether oxygens (including phenoxy) is 1. The Hall–Kier alpha value is -4.26. The summed E-state index contributed by atoms with van der Waals surface area (Å²) in [6.07, 6.45) is 4.54. The molecule has 0 spiro atoms. The molecule has 0 bridgehead atoms. The molecule has 0 aliphatic carbocycles. The van der Waals surface area contributed by atoms with Crippen molar-refractivity contribution >= 4 is 23.2 Å². The number of hydrogen-bond donors (Lipinski definition) is 1. The van der Waals surface area contributed by atoms with E-state index in [0.29, 0.717) is 24.4 Å². The fourth-order valence-corrected chi connectivity index (χ4v) is 4.08. The number of carbonyl (C=O) groups is 2. The van der Waals surface area contributed by atoms with Crippen molar-refractivity contribution in [3.8, 4) is 17.1 Å². The average molecular weight is 458 g/mol. The summed E-state index contributed by atoms with van der Waals surface area (Å²) in [5.74, 6) is 0.977. The van der Waals surface area contributed by atoms with Gasteiger partial charge in [0.05, 0.1) is 18.5 Å². The molecule has 1 aromatic heterocycles. The molecular weight excluding hydrogens is 430 g/mol. The first kappa shape index (κ1) is 22.9. The maximum absolute atomic E-state index is 13.2. The largest absolute Gasteiger partial charge is 0.497 e. The minimum Gasteiger partial charge on any atom is -0.497 e. The van der Waals surface area contributed by atoms with Crippen LogP contribution in [0.3, 0.4) is 0 Å². The number of amides is 2. The third-order valence-electron chi connectivity index (χ3n) is 5.84. The van der Waals surface area contributed by atoms with Gasteiger partial charge in [0.15, 0.2) is 5.76 Å². The van der Waals surface area contributed by atoms with Gasteiger partial charge in [0, 0.05) is 24.5 Å². The van der Waals surface area contributed by atoms with Crippen molar-refractivity contribution in [2.45, 2.75) is 18.9 Å². The van der Waals surface area contributed by atoms with Gasteiger partial charge in [0.1, 0.15) is 17.6 Å². The van der Waals surface area contributed by atoms with Crippen LogP contribution in [0.25, 0.3) is 11.3 Å². The van der Waals surface area contributed by atoms with Gasteiger partial charge < -0.3 is 24.3 Å². The highest BCUT2D eigenvalue weighted by Gasteiger charge is 2.36. The molecule has 34 heavy (non-hydrogen) atoms. The number of furan rings is 1. The van der Waals surface area contributed by atoms with E-state index < -0.39 is 6.04 Å². The van der Waals surface area contributed by atoms with Crippen molar-refractivity contribution < 1.29 is 18.7 Å². The van der Waals surface area contributed by atoms with Crippen LogP contribution in [0.2, 0.25) is 0 Å². The van der Waals surface area contributed by atoms with Crippen LogP contribution in [0.15, 0.2) is 90.6 Å². The van der Waals surface area contributed by atoms with Gasteiger partial charge in [-0.1, -0.05) is 25.3 Å². The first-order valence-corrected chi connectivity index (χ1v) is 11.0. The van der Waals surface area contributed by atoms with E-state index in [2.05, 4.69) is 18.5 Å². The number of carbonyl (C=O) groups excluding carboxylic acids is 2. The molecule has 0 unspecified atom stereocenters. The third-order valence-corrected chi connectivity index (χ3v) is 5.84. The second-order valence-corrected chi connectivity index (χ2v) is 7.83. The number of benzene rings is 2. The fourth-order valence-electron chi connectivity index (χ4n) is 4.08. The lowest BCUT2D eigenvalue weighted by molar-refractivity contribution is -0.119. The quantitative estimate of drug-likeness (QED) is 0.497. The van der Waals surface area contributed by atoms with Crippen molar-refractivity contribution in [3.05, 3.63) is 92.0 Å². The van der Waals surface area contributed by atoms with Crippen molar-refractivity contribution in [1.82, 2.24) is 4.90 Å². The van der Waals surface area contributed by atoms with E-state index in [-0.39, 0.29) is 17.6 Å². The van der Waals surface area contributed by atoms with Crippen molar-refractivity contribution in [2.24, 2.45) is 0 Å². The first-order valence-electron chi connectivity index (χ1n) is 11.0. The minimum atomic E-state index is -0.587. The molecule has 1 N–H and O–H groups in total. The predicted molar refractivity (Wildman–Crippen MR) is 133 cm³/mol. The summed E-state index contributed by atoms with van der Waals surface area (Å²) in [4.78, 5) is 29.7. The van der Waals surface area contributed by atoms with Gasteiger partial charge in [-0.2, -0.15) is 0 Å². The van der Waals surface area contributed by atoms with Gasteiger partial charge in [0.2, 0.25) is 5.91 Å². The van der Waals surface area contributed by atoms with Crippen LogP contribution >= 0.6 is 0 Å². The van der Waals surface area contributed by atoms with E-state index >= 15 is 0 Å². The maximum Gasteiger partial charge on any atom is 0.290 e. The summed E-state index contributed by atoms with van der Waals surface area (Å²) in [5, 5.41) is 2.97. The molecule has 4 rings (SSSR count). The van der Waals surface area contributed by atoms with E-state index in [0.717, 1.165) is 23.4 Å². The van der Waals surface area contributed by atoms with E-state index in [9.17, 15) is 9.59 Å². The Labute approximate surface area is 198 Å². The molecular formula is C27H27N3O4. The monoisotopic (exact) mass is 457 g/mol. The Morgan fingerprint density at radius 2 is 1.82 bits per heavy atom. The molecule has 174 valence electrons. The molecule has 1 fully saturated rings. The maximum atomic E-state index is 13.2. The number of nitrogens with one attached hydrogen (secondary N) is 1. The summed E-state index contributed by atoms with van der Waals surface area (Å²) in [6, 6.07) is 17.6. The Bertz CT molecular complexity index is 1190. The smallest absolute Gasteiger partial charge is 0.290 e. The summed E-state index contributed by atoms with van der Waals surface area (Å²) < 4.78 is 11.0. The Morgan fingerprint density at radius 1 is 1.09 bits per heavy atom. The molecule has 2 amide bonds. The first-order chi connectivity index (χ1) is 16.5. The molecule has 0 saturated carbocycles. The molecule has 0 radical (unpaired) electrons. The lowest BCUT2D eigenvalue weighted by atomic mass is 10.1. The van der Waals surface area contributed by atoms with Crippen LogP contribution in [-0.4, -0.2) is 36.4 Å². The molecule has 1 saturated heterocycles. The van der Waals surface area contributed by atoms with Gasteiger partial charge in [0.25, 0.3) is 5.91 Å². The summed E-state index contributed by atoms with van der Waals surface area (Å²) >= 11 is 0. The lowest BCUT2D eigenvalue weighted by Crippen LogP contribution is -2.43. The van der Waals surface area contributed by atoms with E-state index in [4.69, 9.17) is 9.15 Å². The van der Waals surface area contributed by atoms with Crippen LogP contribution in [0, 0.1) is 0 Å². The standard InChI is InChI=1S/C27H27N3O4/c1-4-29(5-2)22-10-7-6-9-21(22)28-26(31)23-11-8-18-30(23)27(32)25-17-16-24(34-25)19-12-14-20(33-3)15-13-19/h4-7,9-10,12-17,23H,1-2,8,11,18H2,3H3,(H,28,31)/t23-/m0/s1. The number of rotatable bonds is 8. The van der Waals surface area contributed by atoms with Crippen molar-refractivity contribution in [3.63, 3.8) is 0 Å². The number of para-hydroxylation sites is 2. The highest BCUT2D eigenvalue weighted by molar-refractivity contribution is 6.02. The summed E-state index contributed by atoms with van der Waals surface area (Å²) in [5.41, 5.74) is 2.19. The highest BCUT2D eigenvalue weighted by atomic mass is 16.5. The molecule has 1 aliphatic rings. The van der Waals surface area contributed by atoms with E-state index in [1.54, 1.807) is 41.4 Å². The van der Waals surface area contributed by atoms with Crippen LogP contribution in [0.5, 0.6) is 5.75 Å². The van der Waals surface area contributed by atoms with Gasteiger partial charge in [-0.15, -0.1) is 0 Å². The molecule has 7 heteroatoms. The molecule has 1 atom stereocenters. The number of methoxy groups -OCH3 is 1. The van der Waals surface area contributed by atoms with Gasteiger partial charge in [-0.05, 0) is 61.4 Å². The fraction of sp³-hybridized carbons (Fsp3) is 0.185. The average Bonchev–Trinajstić information content (AvgIpc) is 3.56. The Morgan fingerprint density at radius 3 is 2.53 bits per heavy atom. The van der Waals surface area contributed by atoms with E-state index in [1.165, 1.54) is 0 Å². The Kier molecular flexibility index (Phi) is 6.82. The molecule has 2 heterocycles. The van der Waals surface area contributed by atoms with Crippen LogP contribution in [0.1, 0.15) is 23.4 Å². The summed E-state index contributed by atoms with van der Waals surface area (Å²) in [7, 11) is 1.61. The van der Waals surface area contributed by atoms with E-state index in [1.807, 2.05) is 48.5 Å². The zero-order chi connectivity index (χ0) is 24.1. The second kappa shape index (κ2) is 10.1. The van der Waals surface area contributed by atoms with Crippen LogP contribution in [0.4, 0.5) is 11.4 Å². The van der Waals surface area contributed by atoms with Gasteiger partial charge >= 0.3 is 0 Å². The molecule has 7 nitrogen and oxygen atoms in total. The Balaban J connectivity index is 1.50. The summed E-state index contributed by atoms with van der Waals surface area (Å²) in [6.45, 7) is 8.05. The van der Waals surface area contributed by atoms with Gasteiger partial charge in [-0.3, -0.25) is 9.59 Å². The zero-order valence-corrected chi connectivity index (χ0v) is 19.1. The lowest BCUT2D eigenvalue weighted by Gasteiger charge is -2.24. The van der Waals surface area contributed by atoms with Crippen LogP contribution in [-0.2, 0) is 4.79 Å². The minimum absolute atomic E-state index is 0.204. The van der Waals surface area contributed by atoms with Gasteiger partial charge in [-0.25, -0.2) is 0 Å². The molecule has 2 aromatic carbocycles.